The number of allylic oxidation sites excluding steroid dienone is 1. The Kier molecular flexibility index (Phi) is 4.34. The van der Waals surface area contributed by atoms with E-state index < -0.39 is 0 Å². The lowest BCUT2D eigenvalue weighted by molar-refractivity contribution is -0.129. The molecule has 0 saturated carbocycles. The van der Waals surface area contributed by atoms with E-state index in [9.17, 15) is 4.79 Å². The van der Waals surface area contributed by atoms with Crippen molar-refractivity contribution in [1.82, 2.24) is 4.90 Å². The van der Waals surface area contributed by atoms with E-state index in [0.717, 1.165) is 19.4 Å². The molecule has 0 aromatic rings. The minimum Gasteiger partial charge on any atom is -0.335 e. The molecule has 1 heterocycles. The van der Waals surface area contributed by atoms with Gasteiger partial charge in [0.25, 0.3) is 5.91 Å². The normalized spacial score (nSPS) is 22.2. The van der Waals surface area contributed by atoms with Crippen LogP contribution < -0.4 is 0 Å². The van der Waals surface area contributed by atoms with Crippen molar-refractivity contribution in [3.8, 4) is 6.07 Å². The minimum absolute atomic E-state index is 0.102. The van der Waals surface area contributed by atoms with E-state index in [1.54, 1.807) is 6.08 Å². The standard InChI is InChI=1S/C14H22N2O/c1-11-7-5-6-8-16(11)13(17)12(10-15)9-14(2,3)4/h9,11H,5-8H2,1-4H3/b12-9+/t11-/m0/s1. The fourth-order valence-electron chi connectivity index (χ4n) is 2.13. The fraction of sp³-hybridized carbons (Fsp3) is 0.714. The largest absolute Gasteiger partial charge is 0.335 e. The van der Waals surface area contributed by atoms with Crippen LogP contribution in [0.1, 0.15) is 47.0 Å². The van der Waals surface area contributed by atoms with Gasteiger partial charge in [0.15, 0.2) is 0 Å². The Hall–Kier alpha value is -1.30. The van der Waals surface area contributed by atoms with E-state index in [2.05, 4.69) is 6.92 Å². The summed E-state index contributed by atoms with van der Waals surface area (Å²) in [5.41, 5.74) is 0.144. The third-order valence-electron chi connectivity index (χ3n) is 2.99. The molecule has 0 N–H and O–H groups in total. The van der Waals surface area contributed by atoms with Crippen LogP contribution in [0.15, 0.2) is 11.6 Å². The smallest absolute Gasteiger partial charge is 0.264 e. The fourth-order valence-corrected chi connectivity index (χ4v) is 2.13. The van der Waals surface area contributed by atoms with Gasteiger partial charge in [-0.15, -0.1) is 0 Å². The number of amides is 1. The Morgan fingerprint density at radius 1 is 1.41 bits per heavy atom. The molecule has 3 nitrogen and oxygen atoms in total. The van der Waals surface area contributed by atoms with Crippen molar-refractivity contribution in [1.29, 1.82) is 5.26 Å². The number of carbonyl (C=O) groups is 1. The molecule has 1 atom stereocenters. The molecule has 1 saturated heterocycles. The van der Waals surface area contributed by atoms with Gasteiger partial charge in [0.2, 0.25) is 0 Å². The molecule has 1 rings (SSSR count). The van der Waals surface area contributed by atoms with Crippen LogP contribution in [0.25, 0.3) is 0 Å². The third-order valence-corrected chi connectivity index (χ3v) is 2.99. The highest BCUT2D eigenvalue weighted by Crippen LogP contribution is 2.22. The number of nitrogens with zero attached hydrogens (tertiary/aromatic N) is 2. The average Bonchev–Trinajstić information content (AvgIpc) is 2.24. The zero-order chi connectivity index (χ0) is 13.1. The van der Waals surface area contributed by atoms with Gasteiger partial charge in [-0.05, 0) is 31.6 Å². The summed E-state index contributed by atoms with van der Waals surface area (Å²) < 4.78 is 0. The number of hydrogen-bond donors (Lipinski definition) is 0. The number of rotatable bonds is 1. The van der Waals surface area contributed by atoms with E-state index in [0.29, 0.717) is 0 Å². The molecule has 0 aromatic heterocycles. The first-order valence-corrected chi connectivity index (χ1v) is 6.29. The molecular weight excluding hydrogens is 212 g/mol. The highest BCUT2D eigenvalue weighted by molar-refractivity contribution is 5.97. The second kappa shape index (κ2) is 5.35. The Morgan fingerprint density at radius 2 is 2.06 bits per heavy atom. The lowest BCUT2D eigenvalue weighted by atomic mass is 9.93. The lowest BCUT2D eigenvalue weighted by Crippen LogP contribution is -2.42. The van der Waals surface area contributed by atoms with Crippen LogP contribution >= 0.6 is 0 Å². The maximum Gasteiger partial charge on any atom is 0.264 e. The Morgan fingerprint density at radius 3 is 2.53 bits per heavy atom. The summed E-state index contributed by atoms with van der Waals surface area (Å²) in [5.74, 6) is -0.102. The van der Waals surface area contributed by atoms with Gasteiger partial charge in [-0.3, -0.25) is 4.79 Å². The molecule has 0 radical (unpaired) electrons. The second-order valence-corrected chi connectivity index (χ2v) is 5.88. The molecule has 0 spiro atoms. The first-order valence-electron chi connectivity index (χ1n) is 6.29. The molecule has 0 aliphatic carbocycles. The molecule has 0 unspecified atom stereocenters. The van der Waals surface area contributed by atoms with E-state index in [1.165, 1.54) is 6.42 Å². The summed E-state index contributed by atoms with van der Waals surface area (Å²) >= 11 is 0. The molecule has 3 heteroatoms. The molecule has 1 fully saturated rings. The van der Waals surface area contributed by atoms with Gasteiger partial charge in [-0.1, -0.05) is 26.8 Å². The maximum atomic E-state index is 12.3. The van der Waals surface area contributed by atoms with Crippen LogP contribution in [0.2, 0.25) is 0 Å². The molecule has 17 heavy (non-hydrogen) atoms. The first kappa shape index (κ1) is 13.8. The van der Waals surface area contributed by atoms with Crippen LogP contribution in [-0.2, 0) is 4.79 Å². The molecule has 0 bridgehead atoms. The SMILES string of the molecule is C[C@H]1CCCCN1C(=O)/C(C#N)=C/C(C)(C)C. The summed E-state index contributed by atoms with van der Waals surface area (Å²) in [6.45, 7) is 8.83. The quantitative estimate of drug-likeness (QED) is 0.517. The van der Waals surface area contributed by atoms with Gasteiger partial charge in [0.1, 0.15) is 11.6 Å². The maximum absolute atomic E-state index is 12.3. The zero-order valence-corrected chi connectivity index (χ0v) is 11.3. The molecule has 1 aliphatic heterocycles. The van der Waals surface area contributed by atoms with E-state index in [4.69, 9.17) is 5.26 Å². The molecule has 1 aliphatic rings. The van der Waals surface area contributed by atoms with Gasteiger partial charge < -0.3 is 4.90 Å². The summed E-state index contributed by atoms with van der Waals surface area (Å²) in [6.07, 6.45) is 5.04. The number of hydrogen-bond acceptors (Lipinski definition) is 2. The number of likely N-dealkylation sites (tertiary alicyclic amines) is 1. The van der Waals surface area contributed by atoms with Gasteiger partial charge in [0, 0.05) is 12.6 Å². The summed E-state index contributed by atoms with van der Waals surface area (Å²) in [4.78, 5) is 14.1. The van der Waals surface area contributed by atoms with Crippen molar-refractivity contribution < 1.29 is 4.79 Å². The van der Waals surface area contributed by atoms with E-state index in [-0.39, 0.29) is 22.9 Å². The second-order valence-electron chi connectivity index (χ2n) is 5.88. The highest BCUT2D eigenvalue weighted by atomic mass is 16.2. The number of carbonyl (C=O) groups excluding carboxylic acids is 1. The predicted octanol–water partition coefficient (Wildman–Crippen LogP) is 2.88. The van der Waals surface area contributed by atoms with Crippen molar-refractivity contribution in [2.75, 3.05) is 6.54 Å². The molecule has 0 aromatic carbocycles. The predicted molar refractivity (Wildman–Crippen MR) is 68.2 cm³/mol. The van der Waals surface area contributed by atoms with Crippen LogP contribution in [0.5, 0.6) is 0 Å². The van der Waals surface area contributed by atoms with Crippen LogP contribution in [0.4, 0.5) is 0 Å². The van der Waals surface area contributed by atoms with Crippen molar-refractivity contribution >= 4 is 5.91 Å². The van der Waals surface area contributed by atoms with Gasteiger partial charge in [-0.25, -0.2) is 0 Å². The Balaban J connectivity index is 2.87. The summed E-state index contributed by atoms with van der Waals surface area (Å²) in [6, 6.07) is 2.30. The lowest BCUT2D eigenvalue weighted by Gasteiger charge is -2.33. The van der Waals surface area contributed by atoms with Crippen molar-refractivity contribution in [3.05, 3.63) is 11.6 Å². The van der Waals surface area contributed by atoms with Crippen molar-refractivity contribution in [2.24, 2.45) is 5.41 Å². The van der Waals surface area contributed by atoms with Gasteiger partial charge >= 0.3 is 0 Å². The molecule has 94 valence electrons. The zero-order valence-electron chi connectivity index (χ0n) is 11.3. The van der Waals surface area contributed by atoms with Crippen LogP contribution in [0.3, 0.4) is 0 Å². The Labute approximate surface area is 104 Å². The minimum atomic E-state index is -0.139. The monoisotopic (exact) mass is 234 g/mol. The number of piperidine rings is 1. The number of nitriles is 1. The van der Waals surface area contributed by atoms with Gasteiger partial charge in [0.05, 0.1) is 0 Å². The van der Waals surface area contributed by atoms with Crippen LogP contribution in [-0.4, -0.2) is 23.4 Å². The Bertz CT molecular complexity index is 357. The van der Waals surface area contributed by atoms with E-state index in [1.807, 2.05) is 31.7 Å². The van der Waals surface area contributed by atoms with Gasteiger partial charge in [-0.2, -0.15) is 5.26 Å². The van der Waals surface area contributed by atoms with Crippen LogP contribution in [0, 0.1) is 16.7 Å². The summed E-state index contributed by atoms with van der Waals surface area (Å²) in [5, 5.41) is 9.11. The van der Waals surface area contributed by atoms with E-state index >= 15 is 0 Å². The summed E-state index contributed by atoms with van der Waals surface area (Å²) in [7, 11) is 0. The topological polar surface area (TPSA) is 44.1 Å². The first-order chi connectivity index (χ1) is 7.85. The highest BCUT2D eigenvalue weighted by Gasteiger charge is 2.26. The molecule has 1 amide bonds. The van der Waals surface area contributed by atoms with Crippen molar-refractivity contribution in [2.45, 2.75) is 53.0 Å². The van der Waals surface area contributed by atoms with Crippen molar-refractivity contribution in [3.63, 3.8) is 0 Å². The average molecular weight is 234 g/mol. The molecular formula is C14H22N2O. The third kappa shape index (κ3) is 3.89.